The van der Waals surface area contributed by atoms with Gasteiger partial charge in [-0.2, -0.15) is 0 Å². The summed E-state index contributed by atoms with van der Waals surface area (Å²) in [5.74, 6) is -2.21. The van der Waals surface area contributed by atoms with Crippen LogP contribution < -0.4 is 15.1 Å². The van der Waals surface area contributed by atoms with Gasteiger partial charge in [-0.1, -0.05) is 65.6 Å². The quantitative estimate of drug-likeness (QED) is 0.382. The molecule has 0 radical (unpaired) electrons. The molecule has 2 aliphatic heterocycles. The summed E-state index contributed by atoms with van der Waals surface area (Å²) in [4.78, 5) is 59.5. The number of imide groups is 1. The first-order valence-electron chi connectivity index (χ1n) is 12.0. The summed E-state index contributed by atoms with van der Waals surface area (Å²) in [6.07, 6.45) is 3.31. The lowest BCUT2D eigenvalue weighted by molar-refractivity contribution is -0.122. The summed E-state index contributed by atoms with van der Waals surface area (Å²) in [5.41, 5.74) is 2.84. The van der Waals surface area contributed by atoms with E-state index in [4.69, 9.17) is 0 Å². The van der Waals surface area contributed by atoms with E-state index < -0.39 is 17.1 Å². The minimum atomic E-state index is -0.736. The van der Waals surface area contributed by atoms with Gasteiger partial charge in [0.05, 0.1) is 16.6 Å². The molecule has 10 heteroatoms. The molecule has 2 aromatic heterocycles. The molecule has 0 bridgehead atoms. The van der Waals surface area contributed by atoms with Crippen LogP contribution in [-0.2, 0) is 20.9 Å². The number of aromatic nitrogens is 2. The van der Waals surface area contributed by atoms with E-state index in [2.05, 4.69) is 10.3 Å². The normalized spacial score (nSPS) is 20.2. The average Bonchev–Trinajstić information content (AvgIpc) is 3.37. The molecule has 38 heavy (non-hydrogen) atoms. The van der Waals surface area contributed by atoms with E-state index in [-0.39, 0.29) is 29.1 Å². The first-order valence-corrected chi connectivity index (χ1v) is 13.7. The zero-order chi connectivity index (χ0) is 26.4. The van der Waals surface area contributed by atoms with Gasteiger partial charge in [0.25, 0.3) is 0 Å². The molecule has 0 aliphatic carbocycles. The van der Waals surface area contributed by atoms with Gasteiger partial charge in [-0.25, -0.2) is 4.90 Å². The number of hydrogen-bond donors (Lipinski definition) is 1. The van der Waals surface area contributed by atoms with E-state index >= 15 is 0 Å². The molecular formula is C28H22N4O4S2. The van der Waals surface area contributed by atoms with Crippen LogP contribution in [0, 0.1) is 12.8 Å². The zero-order valence-corrected chi connectivity index (χ0v) is 21.9. The molecular weight excluding hydrogens is 520 g/mol. The van der Waals surface area contributed by atoms with Crippen molar-refractivity contribution in [1.82, 2.24) is 9.55 Å². The van der Waals surface area contributed by atoms with E-state index in [1.165, 1.54) is 21.2 Å². The molecule has 3 unspecified atom stereocenters. The van der Waals surface area contributed by atoms with Crippen LogP contribution >= 0.6 is 23.1 Å². The number of benzene rings is 2. The molecule has 3 amide bonds. The molecule has 3 atom stereocenters. The Kier molecular flexibility index (Phi) is 6.21. The Balaban J connectivity index is 1.41. The molecule has 0 saturated carbocycles. The summed E-state index contributed by atoms with van der Waals surface area (Å²) < 4.78 is 1.42. The number of nitrogens with zero attached hydrogens (tertiary/aromatic N) is 3. The molecule has 190 valence electrons. The van der Waals surface area contributed by atoms with Gasteiger partial charge < -0.3 is 5.32 Å². The summed E-state index contributed by atoms with van der Waals surface area (Å²) in [5, 5.41) is 2.68. The maximum absolute atomic E-state index is 13.8. The topological polar surface area (TPSA) is 101 Å². The van der Waals surface area contributed by atoms with Crippen LogP contribution in [0.4, 0.5) is 11.4 Å². The number of amides is 3. The van der Waals surface area contributed by atoms with Crippen molar-refractivity contribution in [2.24, 2.45) is 5.92 Å². The van der Waals surface area contributed by atoms with Crippen LogP contribution in [0.15, 0.2) is 88.9 Å². The smallest absolute Gasteiger partial charge is 0.308 e. The number of nitrogens with one attached hydrogen (secondary N) is 1. The minimum Gasteiger partial charge on any atom is -0.324 e. The first kappa shape index (κ1) is 24.3. The fourth-order valence-electron chi connectivity index (χ4n) is 5.05. The van der Waals surface area contributed by atoms with Gasteiger partial charge in [-0.05, 0) is 42.3 Å². The van der Waals surface area contributed by atoms with E-state index in [1.54, 1.807) is 48.8 Å². The molecule has 1 saturated heterocycles. The van der Waals surface area contributed by atoms with Crippen molar-refractivity contribution in [1.29, 1.82) is 0 Å². The zero-order valence-electron chi connectivity index (χ0n) is 20.2. The van der Waals surface area contributed by atoms with Crippen LogP contribution in [0.1, 0.15) is 21.9 Å². The third-order valence-electron chi connectivity index (χ3n) is 6.83. The molecule has 0 spiro atoms. The van der Waals surface area contributed by atoms with E-state index in [0.29, 0.717) is 21.3 Å². The highest BCUT2D eigenvalue weighted by Crippen LogP contribution is 2.53. The fraction of sp³-hybridized carbons (Fsp3) is 0.179. The second-order valence-electron chi connectivity index (χ2n) is 9.16. The lowest BCUT2D eigenvalue weighted by Crippen LogP contribution is -2.33. The number of aryl methyl sites for hydroxylation is 1. The van der Waals surface area contributed by atoms with Crippen LogP contribution in [-0.4, -0.2) is 32.5 Å². The highest BCUT2D eigenvalue weighted by Gasteiger charge is 2.56. The largest absolute Gasteiger partial charge is 0.324 e. The Labute approximate surface area is 226 Å². The average molecular weight is 543 g/mol. The minimum absolute atomic E-state index is 0.201. The number of para-hydroxylation sites is 2. The Bertz CT molecular complexity index is 1620. The second-order valence-corrected chi connectivity index (χ2v) is 11.3. The third-order valence-corrected chi connectivity index (χ3v) is 9.43. The van der Waals surface area contributed by atoms with Crippen molar-refractivity contribution in [3.8, 4) is 0 Å². The molecule has 1 fully saturated rings. The van der Waals surface area contributed by atoms with Crippen molar-refractivity contribution in [3.63, 3.8) is 0 Å². The molecule has 4 aromatic rings. The van der Waals surface area contributed by atoms with Crippen LogP contribution in [0.3, 0.4) is 0 Å². The van der Waals surface area contributed by atoms with Crippen LogP contribution in [0.5, 0.6) is 0 Å². The van der Waals surface area contributed by atoms with Gasteiger partial charge in [0.2, 0.25) is 17.7 Å². The fourth-order valence-corrected chi connectivity index (χ4v) is 7.83. The number of thiazole rings is 1. The number of fused-ring (bicyclic) bond motifs is 2. The summed E-state index contributed by atoms with van der Waals surface area (Å²) in [6.45, 7) is 1.69. The SMILES string of the molecule is Cc1ccccc1NC(=O)Cn1c2c(sc1=O)C(c1cccnc1)C1C(=O)N(c3ccccc3)C(=O)C1S2. The number of pyridine rings is 1. The van der Waals surface area contributed by atoms with Crippen molar-refractivity contribution in [2.45, 2.75) is 29.7 Å². The lowest BCUT2D eigenvalue weighted by atomic mass is 9.84. The predicted molar refractivity (Wildman–Crippen MR) is 147 cm³/mol. The lowest BCUT2D eigenvalue weighted by Gasteiger charge is -2.30. The monoisotopic (exact) mass is 542 g/mol. The van der Waals surface area contributed by atoms with Gasteiger partial charge in [0.15, 0.2) is 0 Å². The Morgan fingerprint density at radius 1 is 0.974 bits per heavy atom. The number of thioether (sulfide) groups is 1. The van der Waals surface area contributed by atoms with Gasteiger partial charge in [-0.3, -0.25) is 28.7 Å². The van der Waals surface area contributed by atoms with Gasteiger partial charge in [0, 0.05) is 28.9 Å². The molecule has 8 nitrogen and oxygen atoms in total. The van der Waals surface area contributed by atoms with Crippen molar-refractivity contribution < 1.29 is 14.4 Å². The van der Waals surface area contributed by atoms with Gasteiger partial charge in [0.1, 0.15) is 11.8 Å². The second kappa shape index (κ2) is 9.70. The predicted octanol–water partition coefficient (Wildman–Crippen LogP) is 4.05. The first-order chi connectivity index (χ1) is 18.4. The number of rotatable bonds is 5. The van der Waals surface area contributed by atoms with Gasteiger partial charge in [-0.15, -0.1) is 0 Å². The van der Waals surface area contributed by atoms with E-state index in [1.807, 2.05) is 37.3 Å². The summed E-state index contributed by atoms with van der Waals surface area (Å²) in [6, 6.07) is 19.9. The molecule has 6 rings (SSSR count). The molecule has 4 heterocycles. The summed E-state index contributed by atoms with van der Waals surface area (Å²) in [7, 11) is 0. The van der Waals surface area contributed by atoms with Crippen molar-refractivity contribution >= 4 is 52.2 Å². The van der Waals surface area contributed by atoms with Crippen LogP contribution in [0.25, 0.3) is 0 Å². The molecule has 1 N–H and O–H groups in total. The van der Waals surface area contributed by atoms with E-state index in [0.717, 1.165) is 22.5 Å². The Morgan fingerprint density at radius 3 is 2.47 bits per heavy atom. The summed E-state index contributed by atoms with van der Waals surface area (Å²) >= 11 is 2.21. The van der Waals surface area contributed by atoms with Gasteiger partial charge >= 0.3 is 4.87 Å². The highest BCUT2D eigenvalue weighted by molar-refractivity contribution is 8.00. The Hall–Kier alpha value is -4.02. The Morgan fingerprint density at radius 2 is 1.74 bits per heavy atom. The number of carbonyl (C=O) groups excluding carboxylic acids is 3. The molecule has 2 aromatic carbocycles. The van der Waals surface area contributed by atoms with E-state index in [9.17, 15) is 19.2 Å². The third kappa shape index (κ3) is 4.06. The maximum atomic E-state index is 13.8. The highest BCUT2D eigenvalue weighted by atomic mass is 32.2. The number of carbonyl (C=O) groups is 3. The van der Waals surface area contributed by atoms with Crippen molar-refractivity contribution in [3.05, 3.63) is 105 Å². The number of hydrogen-bond acceptors (Lipinski definition) is 7. The standard InChI is InChI=1S/C28H22N4O4S2/c1-16-8-5-6-12-19(16)30-20(33)15-31-27-24(38-28(31)36)21(17-9-7-13-29-14-17)22-23(37-27)26(35)32(25(22)34)18-10-3-2-4-11-18/h2-14,21-23H,15H2,1H3,(H,30,33). The maximum Gasteiger partial charge on any atom is 0.308 e. The number of anilines is 2. The van der Waals surface area contributed by atoms with Crippen molar-refractivity contribution in [2.75, 3.05) is 10.2 Å². The van der Waals surface area contributed by atoms with Crippen LogP contribution in [0.2, 0.25) is 0 Å². The molecule has 2 aliphatic rings.